The Bertz CT molecular complexity index is 496. The first-order valence-corrected chi connectivity index (χ1v) is 14.0. The van der Waals surface area contributed by atoms with Gasteiger partial charge in [0.2, 0.25) is 0 Å². The molecule has 2 heterocycles. The minimum absolute atomic E-state index is 0.0487. The summed E-state index contributed by atoms with van der Waals surface area (Å²) >= 11 is 0. The van der Waals surface area contributed by atoms with Gasteiger partial charge in [-0.25, -0.2) is 0 Å². The third kappa shape index (κ3) is 9.58. The number of nitrogens with one attached hydrogen (secondary N) is 4. The van der Waals surface area contributed by atoms with Crippen LogP contribution in [0, 0.1) is 0 Å². The van der Waals surface area contributed by atoms with E-state index < -0.39 is 5.85 Å². The minimum atomic E-state index is -0.478. The molecule has 0 aromatic carbocycles. The molecular formula is C27H56N4O. The standard InChI is InChI=1S/C27H56N4O/c1-6-7-8-9-10-11-12-13-14-15-16-17-18-19-20-21-22-32-27-24(28-23-29-27)25(2,3)30-26(4,5)31-27/h24,28-31H,6-23H2,1-5H3. The van der Waals surface area contributed by atoms with E-state index in [2.05, 4.69) is 55.9 Å². The second kappa shape index (κ2) is 14.3. The van der Waals surface area contributed by atoms with Crippen LogP contribution in [0.1, 0.15) is 137 Å². The number of ether oxygens (including phenoxy) is 1. The molecule has 5 heteroatoms. The van der Waals surface area contributed by atoms with Crippen molar-refractivity contribution in [3.8, 4) is 0 Å². The summed E-state index contributed by atoms with van der Waals surface area (Å²) in [4.78, 5) is 0. The van der Waals surface area contributed by atoms with Gasteiger partial charge in [-0.05, 0) is 34.1 Å². The van der Waals surface area contributed by atoms with Crippen LogP contribution in [0.15, 0.2) is 0 Å². The third-order valence-electron chi connectivity index (χ3n) is 7.25. The summed E-state index contributed by atoms with van der Waals surface area (Å²) in [5.41, 5.74) is -0.222. The molecule has 2 atom stereocenters. The monoisotopic (exact) mass is 452 g/mol. The predicted octanol–water partition coefficient (Wildman–Crippen LogP) is 6.14. The van der Waals surface area contributed by atoms with Crippen LogP contribution in [0.5, 0.6) is 0 Å². The first-order chi connectivity index (χ1) is 15.3. The second-order valence-electron chi connectivity index (χ2n) is 11.5. The number of fused-ring (bicyclic) bond motifs is 1. The molecule has 0 bridgehead atoms. The first kappa shape index (κ1) is 28.0. The zero-order valence-electron chi connectivity index (χ0n) is 22.2. The van der Waals surface area contributed by atoms with Crippen LogP contribution >= 0.6 is 0 Å². The maximum atomic E-state index is 6.46. The summed E-state index contributed by atoms with van der Waals surface area (Å²) < 4.78 is 6.46. The zero-order valence-corrected chi connectivity index (χ0v) is 22.2. The maximum absolute atomic E-state index is 6.46. The molecule has 32 heavy (non-hydrogen) atoms. The van der Waals surface area contributed by atoms with Gasteiger partial charge in [-0.2, -0.15) is 0 Å². The lowest BCUT2D eigenvalue weighted by molar-refractivity contribution is -0.155. The van der Waals surface area contributed by atoms with Gasteiger partial charge in [-0.1, -0.05) is 103 Å². The summed E-state index contributed by atoms with van der Waals surface area (Å²) in [6.07, 6.45) is 22.4. The van der Waals surface area contributed by atoms with Crippen molar-refractivity contribution in [1.29, 1.82) is 0 Å². The van der Waals surface area contributed by atoms with Crippen LogP contribution in [0.2, 0.25) is 0 Å². The lowest BCUT2D eigenvalue weighted by Gasteiger charge is -2.55. The second-order valence-corrected chi connectivity index (χ2v) is 11.5. The lowest BCUT2D eigenvalue weighted by atomic mass is 9.85. The van der Waals surface area contributed by atoms with Crippen molar-refractivity contribution in [3.05, 3.63) is 0 Å². The van der Waals surface area contributed by atoms with Crippen molar-refractivity contribution in [2.75, 3.05) is 13.3 Å². The molecule has 2 aliphatic heterocycles. The fraction of sp³-hybridized carbons (Fsp3) is 1.00. The van der Waals surface area contributed by atoms with E-state index in [-0.39, 0.29) is 17.2 Å². The Morgan fingerprint density at radius 1 is 0.656 bits per heavy atom. The smallest absolute Gasteiger partial charge is 0.194 e. The first-order valence-electron chi connectivity index (χ1n) is 14.0. The van der Waals surface area contributed by atoms with Crippen LogP contribution < -0.4 is 21.3 Å². The molecule has 2 unspecified atom stereocenters. The van der Waals surface area contributed by atoms with Crippen molar-refractivity contribution in [3.63, 3.8) is 0 Å². The fourth-order valence-corrected chi connectivity index (χ4v) is 5.84. The molecule has 0 aromatic heterocycles. The number of hydrogen-bond acceptors (Lipinski definition) is 5. The highest BCUT2D eigenvalue weighted by Gasteiger charge is 2.57. The quantitative estimate of drug-likeness (QED) is 0.188. The van der Waals surface area contributed by atoms with Gasteiger partial charge in [-0.3, -0.25) is 21.3 Å². The number of unbranched alkanes of at least 4 members (excludes halogenated alkanes) is 15. The van der Waals surface area contributed by atoms with Crippen molar-refractivity contribution in [1.82, 2.24) is 21.3 Å². The molecular weight excluding hydrogens is 396 g/mol. The Balaban J connectivity index is 1.43. The summed E-state index contributed by atoms with van der Waals surface area (Å²) in [7, 11) is 0. The number of rotatable bonds is 18. The molecule has 190 valence electrons. The molecule has 4 N–H and O–H groups in total. The topological polar surface area (TPSA) is 57.4 Å². The molecule has 2 saturated heterocycles. The molecule has 0 aromatic rings. The van der Waals surface area contributed by atoms with E-state index in [1.807, 2.05) is 0 Å². The summed E-state index contributed by atoms with van der Waals surface area (Å²) in [5, 5.41) is 14.5. The molecule has 0 amide bonds. The molecule has 0 radical (unpaired) electrons. The third-order valence-corrected chi connectivity index (χ3v) is 7.25. The summed E-state index contributed by atoms with van der Waals surface area (Å²) in [6, 6.07) is 0.198. The van der Waals surface area contributed by atoms with Crippen molar-refractivity contribution >= 4 is 0 Å². The van der Waals surface area contributed by atoms with Gasteiger partial charge in [-0.15, -0.1) is 0 Å². The molecule has 2 rings (SSSR count). The Hall–Kier alpha value is -0.200. The average molecular weight is 453 g/mol. The Labute approximate surface area is 200 Å². The van der Waals surface area contributed by atoms with E-state index in [0.717, 1.165) is 19.7 Å². The van der Waals surface area contributed by atoms with E-state index in [0.29, 0.717) is 0 Å². The molecule has 2 aliphatic rings. The van der Waals surface area contributed by atoms with Crippen LogP contribution in [0.25, 0.3) is 0 Å². The highest BCUT2D eigenvalue weighted by Crippen LogP contribution is 2.32. The molecule has 0 saturated carbocycles. The zero-order chi connectivity index (χ0) is 23.3. The average Bonchev–Trinajstić information content (AvgIpc) is 3.13. The SMILES string of the molecule is CCCCCCCCCCCCCCCCCCOC12NCNC1C(C)(C)NC(C)(C)N2. The van der Waals surface area contributed by atoms with Gasteiger partial charge in [0.05, 0.1) is 18.3 Å². The highest BCUT2D eigenvalue weighted by molar-refractivity contribution is 5.13. The van der Waals surface area contributed by atoms with E-state index in [1.165, 1.54) is 96.3 Å². The number of hydrogen-bond donors (Lipinski definition) is 4. The summed E-state index contributed by atoms with van der Waals surface area (Å²) in [6.45, 7) is 12.8. The Morgan fingerprint density at radius 2 is 1.12 bits per heavy atom. The fourth-order valence-electron chi connectivity index (χ4n) is 5.84. The normalized spacial score (nSPS) is 26.3. The van der Waals surface area contributed by atoms with Gasteiger partial charge in [0.1, 0.15) is 0 Å². The van der Waals surface area contributed by atoms with Crippen molar-refractivity contribution < 1.29 is 4.74 Å². The van der Waals surface area contributed by atoms with Gasteiger partial charge in [0.25, 0.3) is 0 Å². The van der Waals surface area contributed by atoms with E-state index in [4.69, 9.17) is 4.74 Å². The van der Waals surface area contributed by atoms with Crippen LogP contribution in [-0.2, 0) is 4.74 Å². The van der Waals surface area contributed by atoms with E-state index in [9.17, 15) is 0 Å². The molecule has 2 fully saturated rings. The van der Waals surface area contributed by atoms with Gasteiger partial charge in [0, 0.05) is 12.2 Å². The molecule has 0 aliphatic carbocycles. The van der Waals surface area contributed by atoms with Crippen molar-refractivity contribution in [2.45, 2.75) is 160 Å². The van der Waals surface area contributed by atoms with Crippen molar-refractivity contribution in [2.24, 2.45) is 0 Å². The van der Waals surface area contributed by atoms with E-state index in [1.54, 1.807) is 0 Å². The van der Waals surface area contributed by atoms with Gasteiger partial charge < -0.3 is 4.74 Å². The van der Waals surface area contributed by atoms with Crippen LogP contribution in [-0.4, -0.2) is 36.4 Å². The molecule has 5 nitrogen and oxygen atoms in total. The lowest BCUT2D eigenvalue weighted by Crippen LogP contribution is -2.83. The highest BCUT2D eigenvalue weighted by atomic mass is 16.5. The predicted molar refractivity (Wildman–Crippen MR) is 138 cm³/mol. The minimum Gasteiger partial charge on any atom is -0.346 e. The maximum Gasteiger partial charge on any atom is 0.194 e. The van der Waals surface area contributed by atoms with Gasteiger partial charge in [0.15, 0.2) is 5.85 Å². The Kier molecular flexibility index (Phi) is 12.5. The van der Waals surface area contributed by atoms with E-state index >= 15 is 0 Å². The molecule has 0 spiro atoms. The van der Waals surface area contributed by atoms with Crippen LogP contribution in [0.3, 0.4) is 0 Å². The summed E-state index contributed by atoms with van der Waals surface area (Å²) in [5.74, 6) is -0.478. The Morgan fingerprint density at radius 3 is 1.62 bits per heavy atom. The van der Waals surface area contributed by atoms with Gasteiger partial charge >= 0.3 is 0 Å². The largest absolute Gasteiger partial charge is 0.346 e. The van der Waals surface area contributed by atoms with Crippen LogP contribution in [0.4, 0.5) is 0 Å².